The summed E-state index contributed by atoms with van der Waals surface area (Å²) in [6, 6.07) is -0.278. The van der Waals surface area contributed by atoms with Gasteiger partial charge in [-0.3, -0.25) is 9.48 Å². The molecule has 1 atom stereocenters. The van der Waals surface area contributed by atoms with Gasteiger partial charge in [0.2, 0.25) is 5.91 Å². The van der Waals surface area contributed by atoms with Crippen molar-refractivity contribution in [1.29, 1.82) is 0 Å². The first kappa shape index (κ1) is 10.7. The van der Waals surface area contributed by atoms with Crippen LogP contribution in [0.2, 0.25) is 0 Å². The van der Waals surface area contributed by atoms with Crippen LogP contribution >= 0.6 is 0 Å². The number of amides is 1. The predicted octanol–water partition coefficient (Wildman–Crippen LogP) is -0.345. The summed E-state index contributed by atoms with van der Waals surface area (Å²) in [5, 5.41) is 6.98. The molecule has 1 aromatic heterocycles. The molecular weight excluding hydrogens is 180 g/mol. The Labute approximate surface area is 83.3 Å². The molecule has 1 rings (SSSR count). The number of hydrogen-bond donors (Lipinski definition) is 2. The average Bonchev–Trinajstić information content (AvgIpc) is 2.52. The van der Waals surface area contributed by atoms with Gasteiger partial charge in [-0.25, -0.2) is 0 Å². The molecule has 5 heteroatoms. The van der Waals surface area contributed by atoms with Crippen molar-refractivity contribution in [3.8, 4) is 0 Å². The quantitative estimate of drug-likeness (QED) is 0.676. The first-order valence-electron chi connectivity index (χ1n) is 4.59. The van der Waals surface area contributed by atoms with Crippen molar-refractivity contribution in [1.82, 2.24) is 15.1 Å². The van der Waals surface area contributed by atoms with Gasteiger partial charge in [-0.05, 0) is 26.0 Å². The summed E-state index contributed by atoms with van der Waals surface area (Å²) in [7, 11) is 1.73. The lowest BCUT2D eigenvalue weighted by Crippen LogP contribution is -2.39. The van der Waals surface area contributed by atoms with Crippen LogP contribution in [0.5, 0.6) is 0 Å². The van der Waals surface area contributed by atoms with Crippen LogP contribution in [0.3, 0.4) is 0 Å². The molecule has 78 valence electrons. The van der Waals surface area contributed by atoms with Crippen molar-refractivity contribution in [2.75, 3.05) is 7.05 Å². The van der Waals surface area contributed by atoms with E-state index in [0.29, 0.717) is 13.0 Å². The van der Waals surface area contributed by atoms with Crippen LogP contribution in [0.4, 0.5) is 0 Å². The van der Waals surface area contributed by atoms with Crippen LogP contribution in [0.25, 0.3) is 0 Å². The summed E-state index contributed by atoms with van der Waals surface area (Å²) in [6.07, 6.45) is 4.39. The van der Waals surface area contributed by atoms with Gasteiger partial charge in [0.15, 0.2) is 0 Å². The van der Waals surface area contributed by atoms with Gasteiger partial charge in [-0.1, -0.05) is 0 Å². The number of carbonyl (C=O) groups excluding carboxylic acids is 1. The molecule has 3 N–H and O–H groups in total. The Morgan fingerprint density at radius 3 is 2.93 bits per heavy atom. The molecule has 5 nitrogen and oxygen atoms in total. The molecule has 0 bridgehead atoms. The van der Waals surface area contributed by atoms with Crippen LogP contribution in [0.1, 0.15) is 12.0 Å². The Morgan fingerprint density at radius 1 is 1.79 bits per heavy atom. The standard InChI is InChI=1S/C9H16N4O/c1-7-5-12-13(6-7)4-3-8(11-2)9(10)14/h5-6,8,11H,3-4H2,1-2H3,(H2,10,14). The highest BCUT2D eigenvalue weighted by atomic mass is 16.1. The van der Waals surface area contributed by atoms with Crippen LogP contribution in [0.15, 0.2) is 12.4 Å². The van der Waals surface area contributed by atoms with E-state index in [1.54, 1.807) is 13.2 Å². The SMILES string of the molecule is CNC(CCn1cc(C)cn1)C(N)=O. The fraction of sp³-hybridized carbons (Fsp3) is 0.556. The van der Waals surface area contributed by atoms with Gasteiger partial charge in [0.1, 0.15) is 0 Å². The highest BCUT2D eigenvalue weighted by Gasteiger charge is 2.11. The molecule has 0 saturated heterocycles. The minimum atomic E-state index is -0.323. The van der Waals surface area contributed by atoms with E-state index >= 15 is 0 Å². The van der Waals surface area contributed by atoms with Crippen LogP contribution in [-0.4, -0.2) is 28.8 Å². The van der Waals surface area contributed by atoms with E-state index in [1.165, 1.54) is 0 Å². The maximum Gasteiger partial charge on any atom is 0.234 e. The molecular formula is C9H16N4O. The van der Waals surface area contributed by atoms with Crippen molar-refractivity contribution in [2.24, 2.45) is 5.73 Å². The number of carbonyl (C=O) groups is 1. The molecule has 1 unspecified atom stereocenters. The van der Waals surface area contributed by atoms with Gasteiger partial charge in [-0.15, -0.1) is 0 Å². The molecule has 0 aliphatic heterocycles. The summed E-state index contributed by atoms with van der Waals surface area (Å²) >= 11 is 0. The van der Waals surface area contributed by atoms with Crippen molar-refractivity contribution < 1.29 is 4.79 Å². The monoisotopic (exact) mass is 196 g/mol. The smallest absolute Gasteiger partial charge is 0.234 e. The summed E-state index contributed by atoms with van der Waals surface area (Å²) in [5.41, 5.74) is 6.30. The second-order valence-corrected chi connectivity index (χ2v) is 3.31. The zero-order valence-corrected chi connectivity index (χ0v) is 8.53. The second kappa shape index (κ2) is 4.76. The van der Waals surface area contributed by atoms with Crippen LogP contribution in [0, 0.1) is 6.92 Å². The summed E-state index contributed by atoms with van der Waals surface area (Å²) in [4.78, 5) is 10.9. The third-order valence-corrected chi connectivity index (χ3v) is 2.10. The Hall–Kier alpha value is -1.36. The molecule has 0 aliphatic carbocycles. The normalized spacial score (nSPS) is 12.7. The van der Waals surface area contributed by atoms with Crippen LogP contribution in [-0.2, 0) is 11.3 Å². The number of likely N-dealkylation sites (N-methyl/N-ethyl adjacent to an activating group) is 1. The van der Waals surface area contributed by atoms with Crippen molar-refractivity contribution in [3.63, 3.8) is 0 Å². The molecule has 14 heavy (non-hydrogen) atoms. The lowest BCUT2D eigenvalue weighted by molar-refractivity contribution is -0.120. The summed E-state index contributed by atoms with van der Waals surface area (Å²) in [5.74, 6) is -0.323. The number of nitrogens with zero attached hydrogens (tertiary/aromatic N) is 2. The minimum absolute atomic E-state index is 0.278. The molecule has 1 amide bonds. The number of nitrogens with one attached hydrogen (secondary N) is 1. The predicted molar refractivity (Wildman–Crippen MR) is 53.6 cm³/mol. The van der Waals surface area contributed by atoms with Gasteiger partial charge < -0.3 is 11.1 Å². The van der Waals surface area contributed by atoms with E-state index in [4.69, 9.17) is 5.73 Å². The number of hydrogen-bond acceptors (Lipinski definition) is 3. The van der Waals surface area contributed by atoms with E-state index < -0.39 is 0 Å². The van der Waals surface area contributed by atoms with E-state index in [2.05, 4.69) is 10.4 Å². The molecule has 1 aromatic rings. The molecule has 0 aromatic carbocycles. The fourth-order valence-corrected chi connectivity index (χ4v) is 1.28. The molecule has 0 fully saturated rings. The third-order valence-electron chi connectivity index (χ3n) is 2.10. The number of aromatic nitrogens is 2. The average molecular weight is 196 g/mol. The highest BCUT2D eigenvalue weighted by molar-refractivity contribution is 5.79. The molecule has 0 spiro atoms. The fourth-order valence-electron chi connectivity index (χ4n) is 1.28. The lowest BCUT2D eigenvalue weighted by Gasteiger charge is -2.11. The van der Waals surface area contributed by atoms with Gasteiger partial charge in [0, 0.05) is 12.7 Å². The van der Waals surface area contributed by atoms with Crippen molar-refractivity contribution >= 4 is 5.91 Å². The van der Waals surface area contributed by atoms with E-state index in [1.807, 2.05) is 17.8 Å². The highest BCUT2D eigenvalue weighted by Crippen LogP contribution is 1.98. The Kier molecular flexibility index (Phi) is 3.64. The zero-order chi connectivity index (χ0) is 10.6. The first-order chi connectivity index (χ1) is 6.63. The number of primary amides is 1. The lowest BCUT2D eigenvalue weighted by atomic mass is 10.2. The topological polar surface area (TPSA) is 72.9 Å². The van der Waals surface area contributed by atoms with Crippen molar-refractivity contribution in [3.05, 3.63) is 18.0 Å². The van der Waals surface area contributed by atoms with Gasteiger partial charge >= 0.3 is 0 Å². The van der Waals surface area contributed by atoms with Gasteiger partial charge in [0.25, 0.3) is 0 Å². The Morgan fingerprint density at radius 2 is 2.50 bits per heavy atom. The summed E-state index contributed by atoms with van der Waals surface area (Å²) < 4.78 is 1.81. The largest absolute Gasteiger partial charge is 0.368 e. The number of rotatable bonds is 5. The maximum atomic E-state index is 10.9. The third kappa shape index (κ3) is 2.85. The molecule has 0 saturated carbocycles. The Bertz CT molecular complexity index is 308. The first-order valence-corrected chi connectivity index (χ1v) is 4.59. The maximum absolute atomic E-state index is 10.9. The zero-order valence-electron chi connectivity index (χ0n) is 8.53. The van der Waals surface area contributed by atoms with Crippen LogP contribution < -0.4 is 11.1 Å². The van der Waals surface area contributed by atoms with Gasteiger partial charge in [0.05, 0.1) is 12.2 Å². The molecule has 0 radical (unpaired) electrons. The van der Waals surface area contributed by atoms with E-state index in [-0.39, 0.29) is 11.9 Å². The molecule has 0 aliphatic rings. The summed E-state index contributed by atoms with van der Waals surface area (Å²) in [6.45, 7) is 2.68. The second-order valence-electron chi connectivity index (χ2n) is 3.31. The number of nitrogens with two attached hydrogens (primary N) is 1. The van der Waals surface area contributed by atoms with Crippen molar-refractivity contribution in [2.45, 2.75) is 25.9 Å². The van der Waals surface area contributed by atoms with Gasteiger partial charge in [-0.2, -0.15) is 5.10 Å². The number of aryl methyl sites for hydroxylation is 2. The molecule has 1 heterocycles. The van der Waals surface area contributed by atoms with E-state index in [0.717, 1.165) is 5.56 Å². The van der Waals surface area contributed by atoms with E-state index in [9.17, 15) is 4.79 Å². The Balaban J connectivity index is 2.43. The minimum Gasteiger partial charge on any atom is -0.368 e.